The minimum atomic E-state index is -0.337. The summed E-state index contributed by atoms with van der Waals surface area (Å²) in [7, 11) is 1.38. The number of ether oxygens (including phenoxy) is 1. The molecule has 0 aromatic rings. The summed E-state index contributed by atoms with van der Waals surface area (Å²) in [5.74, 6) is 0.610. The van der Waals surface area contributed by atoms with Crippen molar-refractivity contribution in [2.75, 3.05) is 19.1 Å². The lowest BCUT2D eigenvalue weighted by Gasteiger charge is -2.08. The van der Waals surface area contributed by atoms with Crippen molar-refractivity contribution in [2.24, 2.45) is 5.73 Å². The highest BCUT2D eigenvalue weighted by atomic mass is 32.2. The fourth-order valence-electron chi connectivity index (χ4n) is 1.31. The van der Waals surface area contributed by atoms with Crippen LogP contribution in [-0.2, 0) is 14.3 Å². The average molecular weight is 247 g/mol. The lowest BCUT2D eigenvalue weighted by Crippen LogP contribution is -2.32. The van der Waals surface area contributed by atoms with E-state index >= 15 is 0 Å². The number of carbonyl (C=O) groups is 2. The first-order valence-electron chi connectivity index (χ1n) is 5.45. The molecule has 0 aliphatic carbocycles. The summed E-state index contributed by atoms with van der Waals surface area (Å²) in [5.41, 5.74) is 5.67. The minimum Gasteiger partial charge on any atom is -0.469 e. The van der Waals surface area contributed by atoms with Crippen LogP contribution in [0.15, 0.2) is 0 Å². The highest BCUT2D eigenvalue weighted by Crippen LogP contribution is 2.06. The molecule has 1 atom stereocenters. The molecule has 0 saturated carbocycles. The molecule has 0 radical (unpaired) electrons. The van der Waals surface area contributed by atoms with Crippen LogP contribution in [0.2, 0.25) is 0 Å². The Bertz CT molecular complexity index is 221. The van der Waals surface area contributed by atoms with Crippen molar-refractivity contribution in [1.29, 1.82) is 0 Å². The molecule has 0 fully saturated rings. The second kappa shape index (κ2) is 9.66. The first-order chi connectivity index (χ1) is 7.61. The Hall–Kier alpha value is -0.550. The molecule has 0 aliphatic rings. The Labute approximate surface area is 101 Å². The summed E-state index contributed by atoms with van der Waals surface area (Å²) in [5, 5.41) is 0. The van der Waals surface area contributed by atoms with Crippen molar-refractivity contribution in [3.05, 3.63) is 0 Å². The minimum absolute atomic E-state index is 0.118. The van der Waals surface area contributed by atoms with Gasteiger partial charge in [0.2, 0.25) is 0 Å². The third-order valence-corrected chi connectivity index (χ3v) is 2.98. The second-order valence-corrected chi connectivity index (χ2v) is 4.58. The van der Waals surface area contributed by atoms with Gasteiger partial charge in [-0.1, -0.05) is 6.42 Å². The molecular weight excluding hydrogens is 226 g/mol. The number of unbranched alkanes of at least 4 members (excludes halogenated alkanes) is 2. The van der Waals surface area contributed by atoms with Crippen LogP contribution in [-0.4, -0.2) is 36.9 Å². The van der Waals surface area contributed by atoms with Crippen LogP contribution in [0, 0.1) is 0 Å². The van der Waals surface area contributed by atoms with Crippen molar-refractivity contribution in [2.45, 2.75) is 38.1 Å². The Balaban J connectivity index is 3.44. The van der Waals surface area contributed by atoms with Gasteiger partial charge in [-0.05, 0) is 19.1 Å². The number of rotatable bonds is 9. The topological polar surface area (TPSA) is 69.4 Å². The number of hydrogen-bond acceptors (Lipinski definition) is 5. The smallest absolute Gasteiger partial charge is 0.305 e. The Morgan fingerprint density at radius 1 is 1.25 bits per heavy atom. The number of methoxy groups -OCH3 is 1. The molecule has 0 heterocycles. The molecule has 0 bridgehead atoms. The molecule has 94 valence electrons. The zero-order valence-corrected chi connectivity index (χ0v) is 10.8. The first kappa shape index (κ1) is 15.4. The van der Waals surface area contributed by atoms with E-state index in [1.807, 2.05) is 6.26 Å². The van der Waals surface area contributed by atoms with Gasteiger partial charge in [0, 0.05) is 18.6 Å². The van der Waals surface area contributed by atoms with E-state index in [0.29, 0.717) is 18.6 Å². The van der Waals surface area contributed by atoms with Crippen LogP contribution >= 0.6 is 11.8 Å². The molecule has 16 heavy (non-hydrogen) atoms. The number of ketones is 1. The zero-order chi connectivity index (χ0) is 12.4. The number of thioether (sulfide) groups is 1. The fourth-order valence-corrected chi connectivity index (χ4v) is 1.85. The van der Waals surface area contributed by atoms with Gasteiger partial charge >= 0.3 is 5.97 Å². The number of hydrogen-bond donors (Lipinski definition) is 1. The number of esters is 1. The molecule has 0 saturated heterocycles. The molecule has 1 unspecified atom stereocenters. The van der Waals surface area contributed by atoms with Gasteiger partial charge in [-0.2, -0.15) is 11.8 Å². The van der Waals surface area contributed by atoms with Crippen LogP contribution < -0.4 is 5.73 Å². The summed E-state index contributed by atoms with van der Waals surface area (Å²) >= 11 is 1.58. The van der Waals surface area contributed by atoms with E-state index in [-0.39, 0.29) is 17.8 Å². The first-order valence-corrected chi connectivity index (χ1v) is 6.85. The normalized spacial score (nSPS) is 12.2. The quantitative estimate of drug-likeness (QED) is 0.492. The molecule has 0 aliphatic heterocycles. The van der Waals surface area contributed by atoms with Crippen molar-refractivity contribution in [3.63, 3.8) is 0 Å². The van der Waals surface area contributed by atoms with Crippen molar-refractivity contribution in [1.82, 2.24) is 0 Å². The highest BCUT2D eigenvalue weighted by Gasteiger charge is 2.11. The van der Waals surface area contributed by atoms with Crippen LogP contribution in [0.25, 0.3) is 0 Å². The number of nitrogens with two attached hydrogens (primary N) is 1. The summed E-state index contributed by atoms with van der Waals surface area (Å²) in [4.78, 5) is 22.2. The third kappa shape index (κ3) is 7.70. The molecule has 0 rings (SSSR count). The Kier molecular flexibility index (Phi) is 9.33. The van der Waals surface area contributed by atoms with E-state index < -0.39 is 0 Å². The summed E-state index contributed by atoms with van der Waals surface area (Å²) in [6.07, 6.45) is 5.33. The van der Waals surface area contributed by atoms with Gasteiger partial charge in [-0.25, -0.2) is 0 Å². The maximum Gasteiger partial charge on any atom is 0.305 e. The van der Waals surface area contributed by atoms with E-state index in [9.17, 15) is 9.59 Å². The van der Waals surface area contributed by atoms with Crippen molar-refractivity contribution >= 4 is 23.5 Å². The van der Waals surface area contributed by atoms with Gasteiger partial charge < -0.3 is 10.5 Å². The van der Waals surface area contributed by atoms with Crippen LogP contribution in [0.5, 0.6) is 0 Å². The average Bonchev–Trinajstić information content (AvgIpc) is 2.28. The molecular formula is C11H21NO3S. The summed E-state index contributed by atoms with van der Waals surface area (Å²) in [6, 6.07) is -0.337. The SMILES string of the molecule is COC(=O)CCCCCC(=O)C(N)CSC. The Morgan fingerprint density at radius 2 is 1.88 bits per heavy atom. The van der Waals surface area contributed by atoms with Gasteiger partial charge in [0.25, 0.3) is 0 Å². The maximum absolute atomic E-state index is 11.5. The van der Waals surface area contributed by atoms with Crippen LogP contribution in [0.3, 0.4) is 0 Å². The van der Waals surface area contributed by atoms with E-state index in [4.69, 9.17) is 5.73 Å². The standard InChI is InChI=1S/C11H21NO3S/c1-15-11(14)7-5-3-4-6-10(13)9(12)8-16-2/h9H,3-8,12H2,1-2H3. The van der Waals surface area contributed by atoms with Gasteiger partial charge in [0.05, 0.1) is 13.2 Å². The number of carbonyl (C=O) groups excluding carboxylic acids is 2. The van der Waals surface area contributed by atoms with E-state index in [1.54, 1.807) is 11.8 Å². The maximum atomic E-state index is 11.5. The van der Waals surface area contributed by atoms with Gasteiger partial charge in [0.15, 0.2) is 0 Å². The lowest BCUT2D eigenvalue weighted by molar-refractivity contribution is -0.140. The molecule has 0 amide bonds. The van der Waals surface area contributed by atoms with Crippen molar-refractivity contribution in [3.8, 4) is 0 Å². The fraction of sp³-hybridized carbons (Fsp3) is 0.818. The molecule has 2 N–H and O–H groups in total. The monoisotopic (exact) mass is 247 g/mol. The molecule has 0 spiro atoms. The highest BCUT2D eigenvalue weighted by molar-refractivity contribution is 7.98. The second-order valence-electron chi connectivity index (χ2n) is 3.66. The molecule has 0 aromatic carbocycles. The summed E-state index contributed by atoms with van der Waals surface area (Å²) in [6.45, 7) is 0. The lowest BCUT2D eigenvalue weighted by atomic mass is 10.1. The molecule has 4 nitrogen and oxygen atoms in total. The van der Waals surface area contributed by atoms with Gasteiger partial charge in [0.1, 0.15) is 5.78 Å². The van der Waals surface area contributed by atoms with Gasteiger partial charge in [-0.3, -0.25) is 9.59 Å². The third-order valence-electron chi connectivity index (χ3n) is 2.29. The van der Waals surface area contributed by atoms with E-state index in [0.717, 1.165) is 19.3 Å². The zero-order valence-electron chi connectivity index (χ0n) is 10.0. The van der Waals surface area contributed by atoms with Gasteiger partial charge in [-0.15, -0.1) is 0 Å². The molecule has 0 aromatic heterocycles. The molecule has 5 heteroatoms. The predicted molar refractivity (Wildman–Crippen MR) is 66.5 cm³/mol. The number of Topliss-reactive ketones (excluding diaryl/α,β-unsaturated/α-hetero) is 1. The predicted octanol–water partition coefficient (Wildman–Crippen LogP) is 1.37. The van der Waals surface area contributed by atoms with Crippen LogP contribution in [0.4, 0.5) is 0 Å². The Morgan fingerprint density at radius 3 is 2.44 bits per heavy atom. The summed E-state index contributed by atoms with van der Waals surface area (Å²) < 4.78 is 4.52. The van der Waals surface area contributed by atoms with Crippen molar-refractivity contribution < 1.29 is 14.3 Å². The van der Waals surface area contributed by atoms with E-state index in [1.165, 1.54) is 7.11 Å². The largest absolute Gasteiger partial charge is 0.469 e. The van der Waals surface area contributed by atoms with E-state index in [2.05, 4.69) is 4.74 Å². The van der Waals surface area contributed by atoms with Crippen LogP contribution in [0.1, 0.15) is 32.1 Å².